The van der Waals surface area contributed by atoms with Crippen LogP contribution in [0.4, 0.5) is 0 Å². The molecule has 1 amide bonds. The maximum Gasteiger partial charge on any atom is 0.303 e. The Hall–Kier alpha value is -2.10. The number of carbonyl (C=O) groups is 2. The first-order valence-electron chi connectivity index (χ1n) is 12.0. The van der Waals surface area contributed by atoms with Crippen LogP contribution in [-0.2, 0) is 14.3 Å². The number of aryl methyl sites for hydroxylation is 1. The molecule has 0 bridgehead atoms. The van der Waals surface area contributed by atoms with E-state index >= 15 is 0 Å². The molecule has 3 fully saturated rings. The van der Waals surface area contributed by atoms with Crippen molar-refractivity contribution in [2.45, 2.75) is 78.2 Å². The number of amides is 1. The zero-order chi connectivity index (χ0) is 22.0. The van der Waals surface area contributed by atoms with Gasteiger partial charge in [-0.05, 0) is 61.3 Å². The normalized spacial score (nSPS) is 41.4. The van der Waals surface area contributed by atoms with Crippen LogP contribution in [0.3, 0.4) is 0 Å². The van der Waals surface area contributed by atoms with E-state index in [-0.39, 0.29) is 17.3 Å². The predicted molar refractivity (Wildman–Crippen MR) is 120 cm³/mol. The number of esters is 1. The third-order valence-corrected chi connectivity index (χ3v) is 9.24. The number of allylic oxidation sites excluding steroid dienone is 2. The quantitative estimate of drug-likeness (QED) is 0.662. The molecule has 1 N–H and O–H groups in total. The smallest absolute Gasteiger partial charge is 0.303 e. The van der Waals surface area contributed by atoms with Gasteiger partial charge in [-0.25, -0.2) is 0 Å². The van der Waals surface area contributed by atoms with E-state index in [2.05, 4.69) is 56.4 Å². The maximum absolute atomic E-state index is 12.8. The molecule has 1 aromatic rings. The van der Waals surface area contributed by atoms with Gasteiger partial charge in [0.1, 0.15) is 0 Å². The number of rotatable bonds is 2. The van der Waals surface area contributed by atoms with Gasteiger partial charge in [0.25, 0.3) is 5.91 Å². The number of carbonyl (C=O) groups excluding carboxylic acids is 2. The van der Waals surface area contributed by atoms with Crippen LogP contribution in [0.25, 0.3) is 0 Å². The second-order valence-corrected chi connectivity index (χ2v) is 11.1. The number of hydrogen-bond donors (Lipinski definition) is 1. The van der Waals surface area contributed by atoms with Crippen LogP contribution in [0.5, 0.6) is 0 Å². The number of fused-ring (bicyclic) bond motifs is 5. The summed E-state index contributed by atoms with van der Waals surface area (Å²) >= 11 is 0. The number of hydrogen-bond acceptors (Lipinski definition) is 3. The molecule has 4 heteroatoms. The Morgan fingerprint density at radius 3 is 2.55 bits per heavy atom. The van der Waals surface area contributed by atoms with Crippen LogP contribution >= 0.6 is 0 Å². The van der Waals surface area contributed by atoms with Gasteiger partial charge in [-0.2, -0.15) is 0 Å². The van der Waals surface area contributed by atoms with E-state index in [9.17, 15) is 9.59 Å². The Morgan fingerprint density at radius 1 is 1.10 bits per heavy atom. The van der Waals surface area contributed by atoms with Gasteiger partial charge in [-0.3, -0.25) is 9.59 Å². The van der Waals surface area contributed by atoms with Crippen LogP contribution in [-0.4, -0.2) is 18.0 Å². The molecule has 1 unspecified atom stereocenters. The lowest BCUT2D eigenvalue weighted by Crippen LogP contribution is -2.58. The van der Waals surface area contributed by atoms with Crippen molar-refractivity contribution in [3.63, 3.8) is 0 Å². The van der Waals surface area contributed by atoms with Crippen molar-refractivity contribution >= 4 is 11.9 Å². The topological polar surface area (TPSA) is 55.4 Å². The van der Waals surface area contributed by atoms with Crippen molar-refractivity contribution in [2.24, 2.45) is 28.6 Å². The van der Waals surface area contributed by atoms with Gasteiger partial charge in [0.15, 0.2) is 6.10 Å². The van der Waals surface area contributed by atoms with E-state index < -0.39 is 6.10 Å². The highest BCUT2D eigenvalue weighted by molar-refractivity contribution is 5.86. The Bertz CT molecular complexity index is 934. The minimum atomic E-state index is -0.687. The van der Waals surface area contributed by atoms with Crippen molar-refractivity contribution in [2.75, 3.05) is 0 Å². The number of piperidine rings is 1. The Kier molecular flexibility index (Phi) is 4.84. The molecule has 1 heterocycles. The summed E-state index contributed by atoms with van der Waals surface area (Å²) in [7, 11) is 0. The summed E-state index contributed by atoms with van der Waals surface area (Å²) in [5, 5.41) is 3.17. The summed E-state index contributed by atoms with van der Waals surface area (Å²) in [5.41, 5.74) is 3.96. The molecule has 166 valence electrons. The van der Waals surface area contributed by atoms with Crippen LogP contribution < -0.4 is 5.32 Å². The Morgan fingerprint density at radius 2 is 1.84 bits per heavy atom. The minimum Gasteiger partial charge on any atom is -0.452 e. The standard InChI is InChI=1S/C27H35NO3/c1-16-7-9-18(10-8-16)19-14-23-27(4,15-22(25(30)28-23)31-17(2)29)21-11-13-26(3)12-5-6-20(26)24(19)21/h7-10,14,19-22,24H,5-6,11-13,15H2,1-4H3,(H,28,30)/t19-,20+,21+,22?,24+,26+,27-/m1/s1. The second-order valence-electron chi connectivity index (χ2n) is 11.1. The number of nitrogens with one attached hydrogen (secondary N) is 1. The average molecular weight is 422 g/mol. The molecule has 0 aromatic heterocycles. The van der Waals surface area contributed by atoms with Crippen LogP contribution in [0.2, 0.25) is 0 Å². The third-order valence-electron chi connectivity index (χ3n) is 9.24. The molecule has 2 saturated carbocycles. The lowest BCUT2D eigenvalue weighted by atomic mass is 9.47. The van der Waals surface area contributed by atoms with Gasteiger partial charge < -0.3 is 10.1 Å². The molecule has 31 heavy (non-hydrogen) atoms. The summed E-state index contributed by atoms with van der Waals surface area (Å²) in [6, 6.07) is 8.99. The second kappa shape index (κ2) is 7.21. The number of ether oxygens (including phenoxy) is 1. The molecule has 1 aromatic carbocycles. The highest BCUT2D eigenvalue weighted by atomic mass is 16.5. The summed E-state index contributed by atoms with van der Waals surface area (Å²) in [6.07, 6.45) is 8.66. The molecule has 0 spiro atoms. The maximum atomic E-state index is 12.8. The summed E-state index contributed by atoms with van der Waals surface area (Å²) in [6.45, 7) is 8.34. The van der Waals surface area contributed by atoms with Crippen molar-refractivity contribution in [1.82, 2.24) is 5.32 Å². The highest BCUT2D eigenvalue weighted by Crippen LogP contribution is 2.66. The molecular weight excluding hydrogens is 386 g/mol. The van der Waals surface area contributed by atoms with Gasteiger partial charge in [0.2, 0.25) is 0 Å². The van der Waals surface area contributed by atoms with Gasteiger partial charge in [-0.1, -0.05) is 56.2 Å². The Balaban J connectivity index is 1.61. The van der Waals surface area contributed by atoms with E-state index in [0.29, 0.717) is 35.5 Å². The lowest BCUT2D eigenvalue weighted by Gasteiger charge is -2.59. The molecular formula is C27H35NO3. The molecule has 7 atom stereocenters. The van der Waals surface area contributed by atoms with Crippen molar-refractivity contribution < 1.29 is 14.3 Å². The van der Waals surface area contributed by atoms with Crippen LogP contribution in [0, 0.1) is 35.5 Å². The zero-order valence-electron chi connectivity index (χ0n) is 19.2. The van der Waals surface area contributed by atoms with Gasteiger partial charge in [0.05, 0.1) is 0 Å². The first-order chi connectivity index (χ1) is 14.7. The first kappa shape index (κ1) is 20.8. The van der Waals surface area contributed by atoms with Crippen molar-refractivity contribution in [1.29, 1.82) is 0 Å². The highest BCUT2D eigenvalue weighted by Gasteiger charge is 2.60. The largest absolute Gasteiger partial charge is 0.452 e. The van der Waals surface area contributed by atoms with Gasteiger partial charge >= 0.3 is 5.97 Å². The molecule has 1 aliphatic heterocycles. The Labute approximate surface area is 185 Å². The van der Waals surface area contributed by atoms with Gasteiger partial charge in [0, 0.05) is 30.4 Å². The van der Waals surface area contributed by atoms with Crippen molar-refractivity contribution in [3.8, 4) is 0 Å². The van der Waals surface area contributed by atoms with Crippen LogP contribution in [0.15, 0.2) is 36.0 Å². The molecule has 4 aliphatic rings. The fourth-order valence-electron chi connectivity index (χ4n) is 7.65. The lowest BCUT2D eigenvalue weighted by molar-refractivity contribution is -0.160. The predicted octanol–water partition coefficient (Wildman–Crippen LogP) is 5.27. The fourth-order valence-corrected chi connectivity index (χ4v) is 7.65. The number of benzene rings is 1. The SMILES string of the molecule is CC(=O)OC1C[C@@]2(C)C(=C[C@H](c3ccc(C)cc3)[C@H]3[C@@H]4CCC[C@@]4(C)CC[C@@H]32)NC1=O. The fraction of sp³-hybridized carbons (Fsp3) is 0.630. The summed E-state index contributed by atoms with van der Waals surface area (Å²) in [4.78, 5) is 24.4. The van der Waals surface area contributed by atoms with Crippen molar-refractivity contribution in [3.05, 3.63) is 47.2 Å². The van der Waals surface area contributed by atoms with E-state index in [0.717, 1.165) is 5.70 Å². The summed E-state index contributed by atoms with van der Waals surface area (Å²) < 4.78 is 5.45. The average Bonchev–Trinajstić information content (AvgIpc) is 3.11. The molecule has 5 rings (SSSR count). The van der Waals surface area contributed by atoms with E-state index in [1.165, 1.54) is 50.2 Å². The molecule has 1 saturated heterocycles. The first-order valence-corrected chi connectivity index (χ1v) is 12.0. The molecule has 0 radical (unpaired) electrons. The molecule has 3 aliphatic carbocycles. The van der Waals surface area contributed by atoms with Crippen LogP contribution in [0.1, 0.15) is 76.3 Å². The van der Waals surface area contributed by atoms with E-state index in [1.54, 1.807) is 0 Å². The summed E-state index contributed by atoms with van der Waals surface area (Å²) in [5.74, 6) is 1.51. The van der Waals surface area contributed by atoms with Gasteiger partial charge in [-0.15, -0.1) is 0 Å². The molecule has 4 nitrogen and oxygen atoms in total. The van der Waals surface area contributed by atoms with E-state index in [4.69, 9.17) is 4.74 Å². The van der Waals surface area contributed by atoms with E-state index in [1.807, 2.05) is 0 Å². The zero-order valence-corrected chi connectivity index (χ0v) is 19.2. The minimum absolute atomic E-state index is 0.163. The third kappa shape index (κ3) is 3.25. The monoisotopic (exact) mass is 421 g/mol.